The maximum absolute atomic E-state index is 13.2. The first-order valence-electron chi connectivity index (χ1n) is 9.16. The molecule has 1 fully saturated rings. The summed E-state index contributed by atoms with van der Waals surface area (Å²) in [6.07, 6.45) is 0.720. The van der Waals surface area contributed by atoms with Crippen LogP contribution >= 0.6 is 0 Å². The Balaban J connectivity index is 2.04. The van der Waals surface area contributed by atoms with E-state index in [2.05, 4.69) is 0 Å². The summed E-state index contributed by atoms with van der Waals surface area (Å²) in [5.41, 5.74) is 0.844. The number of fused-ring (bicyclic) bond motifs is 2. The standard InChI is InChI=1S/C21H27NO5/c1-12-11-16-13(2)18(23)17(19(12)26-16)22(20(24)27-21(3,4)5)14-7-9-15(25-6)10-8-14/h7-11,13,16-17,19H,1-6H3/t13-,16-,17+,19+/m0/s1. The molecular formula is C21H27NO5. The van der Waals surface area contributed by atoms with Crippen LogP contribution in [-0.4, -0.2) is 42.8 Å². The molecule has 0 spiro atoms. The van der Waals surface area contributed by atoms with Gasteiger partial charge in [-0.3, -0.25) is 9.69 Å². The molecule has 0 unspecified atom stereocenters. The number of anilines is 1. The highest BCUT2D eigenvalue weighted by atomic mass is 16.6. The van der Waals surface area contributed by atoms with Crippen molar-refractivity contribution in [2.45, 2.75) is 58.5 Å². The smallest absolute Gasteiger partial charge is 0.415 e. The molecule has 0 aliphatic carbocycles. The molecule has 0 N–H and O–H groups in total. The number of amides is 1. The normalized spacial score (nSPS) is 27.2. The van der Waals surface area contributed by atoms with Gasteiger partial charge >= 0.3 is 6.09 Å². The minimum Gasteiger partial charge on any atom is -0.497 e. The van der Waals surface area contributed by atoms with Gasteiger partial charge in [0.25, 0.3) is 0 Å². The average Bonchev–Trinajstić information content (AvgIpc) is 2.94. The van der Waals surface area contributed by atoms with Gasteiger partial charge < -0.3 is 14.2 Å². The van der Waals surface area contributed by atoms with E-state index in [9.17, 15) is 9.59 Å². The maximum atomic E-state index is 13.2. The Morgan fingerprint density at radius 1 is 1.19 bits per heavy atom. The Morgan fingerprint density at radius 3 is 2.37 bits per heavy atom. The molecule has 0 saturated carbocycles. The molecule has 2 heterocycles. The molecule has 0 radical (unpaired) electrons. The molecule has 1 amide bonds. The van der Waals surface area contributed by atoms with Crippen LogP contribution in [0, 0.1) is 5.92 Å². The van der Waals surface area contributed by atoms with Crippen LogP contribution in [0.15, 0.2) is 35.9 Å². The van der Waals surface area contributed by atoms with Crippen LogP contribution in [-0.2, 0) is 14.3 Å². The minimum absolute atomic E-state index is 0.0222. The zero-order valence-corrected chi connectivity index (χ0v) is 16.7. The van der Waals surface area contributed by atoms with E-state index in [0.29, 0.717) is 11.4 Å². The Hall–Kier alpha value is -2.34. The predicted octanol–water partition coefficient (Wildman–Crippen LogP) is 3.74. The molecule has 1 aromatic rings. The highest BCUT2D eigenvalue weighted by Gasteiger charge is 2.51. The molecule has 6 heteroatoms. The van der Waals surface area contributed by atoms with E-state index in [-0.39, 0.29) is 17.8 Å². The van der Waals surface area contributed by atoms with Crippen molar-refractivity contribution in [2.75, 3.05) is 12.0 Å². The second-order valence-corrected chi connectivity index (χ2v) is 8.12. The Kier molecular flexibility index (Phi) is 5.04. The van der Waals surface area contributed by atoms with Gasteiger partial charge in [0.2, 0.25) is 0 Å². The average molecular weight is 373 g/mol. The number of carbonyl (C=O) groups is 2. The van der Waals surface area contributed by atoms with Gasteiger partial charge in [-0.1, -0.05) is 13.0 Å². The maximum Gasteiger partial charge on any atom is 0.415 e. The van der Waals surface area contributed by atoms with Crippen molar-refractivity contribution in [1.29, 1.82) is 0 Å². The second kappa shape index (κ2) is 7.00. The Bertz CT molecular complexity index is 762. The monoisotopic (exact) mass is 373 g/mol. The van der Waals surface area contributed by atoms with Crippen LogP contribution in [0.3, 0.4) is 0 Å². The van der Waals surface area contributed by atoms with E-state index < -0.39 is 23.8 Å². The fraction of sp³-hybridized carbons (Fsp3) is 0.524. The summed E-state index contributed by atoms with van der Waals surface area (Å²) in [5, 5.41) is 0. The Morgan fingerprint density at radius 2 is 1.81 bits per heavy atom. The third-order valence-corrected chi connectivity index (χ3v) is 4.92. The Labute approximate surface area is 160 Å². The lowest BCUT2D eigenvalue weighted by molar-refractivity contribution is -0.138. The number of ketones is 1. The van der Waals surface area contributed by atoms with Crippen LogP contribution in [0.5, 0.6) is 5.75 Å². The molecule has 1 aromatic carbocycles. The lowest BCUT2D eigenvalue weighted by atomic mass is 9.90. The van der Waals surface area contributed by atoms with Gasteiger partial charge in [-0.05, 0) is 57.5 Å². The van der Waals surface area contributed by atoms with Crippen LogP contribution in [0.25, 0.3) is 0 Å². The molecule has 27 heavy (non-hydrogen) atoms. The van der Waals surface area contributed by atoms with Crippen molar-refractivity contribution in [2.24, 2.45) is 5.92 Å². The van der Waals surface area contributed by atoms with Crippen molar-refractivity contribution in [3.05, 3.63) is 35.9 Å². The summed E-state index contributed by atoms with van der Waals surface area (Å²) >= 11 is 0. The molecule has 6 nitrogen and oxygen atoms in total. The number of hydrogen-bond donors (Lipinski definition) is 0. The third kappa shape index (κ3) is 3.72. The van der Waals surface area contributed by atoms with Gasteiger partial charge in [-0.15, -0.1) is 0 Å². The number of ether oxygens (including phenoxy) is 3. The molecule has 1 saturated heterocycles. The van der Waals surface area contributed by atoms with E-state index in [1.165, 1.54) is 4.90 Å². The minimum atomic E-state index is -0.766. The number of rotatable bonds is 3. The number of nitrogens with zero attached hydrogens (tertiary/aromatic N) is 1. The van der Waals surface area contributed by atoms with Gasteiger partial charge in [-0.25, -0.2) is 4.79 Å². The third-order valence-electron chi connectivity index (χ3n) is 4.92. The van der Waals surface area contributed by atoms with Gasteiger partial charge in [-0.2, -0.15) is 0 Å². The number of benzene rings is 1. The number of Topliss-reactive ketones (excluding diaryl/α,β-unsaturated/α-hetero) is 1. The number of carbonyl (C=O) groups excluding carboxylic acids is 2. The van der Waals surface area contributed by atoms with Gasteiger partial charge in [0.1, 0.15) is 23.5 Å². The molecule has 2 aliphatic heterocycles. The van der Waals surface area contributed by atoms with E-state index in [0.717, 1.165) is 5.57 Å². The first-order valence-corrected chi connectivity index (χ1v) is 9.16. The molecule has 0 aromatic heterocycles. The van der Waals surface area contributed by atoms with Gasteiger partial charge in [0.15, 0.2) is 5.78 Å². The number of hydrogen-bond acceptors (Lipinski definition) is 5. The zero-order valence-electron chi connectivity index (χ0n) is 16.7. The highest BCUT2D eigenvalue weighted by Crippen LogP contribution is 2.38. The zero-order chi connectivity index (χ0) is 19.9. The highest BCUT2D eigenvalue weighted by molar-refractivity contribution is 6.01. The van der Waals surface area contributed by atoms with E-state index in [1.807, 2.05) is 19.9 Å². The summed E-state index contributed by atoms with van der Waals surface area (Å²) in [6.45, 7) is 9.18. The van der Waals surface area contributed by atoms with Crippen molar-refractivity contribution in [1.82, 2.24) is 0 Å². The summed E-state index contributed by atoms with van der Waals surface area (Å²) in [4.78, 5) is 27.7. The van der Waals surface area contributed by atoms with Crippen molar-refractivity contribution in [3.63, 3.8) is 0 Å². The molecular weight excluding hydrogens is 346 g/mol. The largest absolute Gasteiger partial charge is 0.497 e. The fourth-order valence-electron chi connectivity index (χ4n) is 3.53. The summed E-state index contributed by atoms with van der Waals surface area (Å²) < 4.78 is 16.9. The first kappa shape index (κ1) is 19.4. The first-order chi connectivity index (χ1) is 12.6. The molecule has 2 bridgehead atoms. The van der Waals surface area contributed by atoms with Gasteiger partial charge in [0.05, 0.1) is 13.2 Å². The quantitative estimate of drug-likeness (QED) is 0.755. The van der Waals surface area contributed by atoms with Gasteiger partial charge in [0, 0.05) is 11.6 Å². The molecule has 3 rings (SSSR count). The van der Waals surface area contributed by atoms with Crippen LogP contribution in [0.1, 0.15) is 34.6 Å². The summed E-state index contributed by atoms with van der Waals surface area (Å²) in [7, 11) is 1.58. The second-order valence-electron chi connectivity index (χ2n) is 8.12. The predicted molar refractivity (Wildman–Crippen MR) is 102 cm³/mol. The van der Waals surface area contributed by atoms with Crippen molar-refractivity contribution < 1.29 is 23.8 Å². The number of methoxy groups -OCH3 is 1. The van der Waals surface area contributed by atoms with Crippen molar-refractivity contribution in [3.8, 4) is 5.75 Å². The molecule has 2 aliphatic rings. The van der Waals surface area contributed by atoms with E-state index in [1.54, 1.807) is 52.1 Å². The molecule has 146 valence electrons. The van der Waals surface area contributed by atoms with Crippen LogP contribution in [0.4, 0.5) is 10.5 Å². The fourth-order valence-corrected chi connectivity index (χ4v) is 3.53. The van der Waals surface area contributed by atoms with Crippen molar-refractivity contribution >= 4 is 17.6 Å². The molecule has 4 atom stereocenters. The topological polar surface area (TPSA) is 65.1 Å². The lowest BCUT2D eigenvalue weighted by Crippen LogP contribution is -2.58. The lowest BCUT2D eigenvalue weighted by Gasteiger charge is -2.40. The van der Waals surface area contributed by atoms with Crippen LogP contribution in [0.2, 0.25) is 0 Å². The van der Waals surface area contributed by atoms with E-state index in [4.69, 9.17) is 14.2 Å². The summed E-state index contributed by atoms with van der Waals surface area (Å²) in [5.74, 6) is 0.317. The summed E-state index contributed by atoms with van der Waals surface area (Å²) in [6, 6.07) is 6.24. The van der Waals surface area contributed by atoms with E-state index >= 15 is 0 Å². The SMILES string of the molecule is COc1ccc(N(C(=O)OC(C)(C)C)[C@@H]2C(=O)[C@@H](C)[C@@H]3C=C(C)[C@H]2O3)cc1. The van der Waals surface area contributed by atoms with Crippen LogP contribution < -0.4 is 9.64 Å².